The van der Waals surface area contributed by atoms with Crippen LogP contribution in [-0.2, 0) is 0 Å². The quantitative estimate of drug-likeness (QED) is 0.141. The zero-order chi connectivity index (χ0) is 56.4. The molecule has 0 saturated heterocycles. The molecule has 8 heteroatoms. The molecule has 1 aromatic heterocycles. The summed E-state index contributed by atoms with van der Waals surface area (Å²) in [4.78, 5) is 12.7. The number of benzene rings is 13. The molecule has 0 saturated carbocycles. The highest BCUT2D eigenvalue weighted by molar-refractivity contribution is 8.00. The Morgan fingerprint density at radius 1 is 0.279 bits per heavy atom. The summed E-state index contributed by atoms with van der Waals surface area (Å²) in [5, 5.41) is 2.49. The van der Waals surface area contributed by atoms with Gasteiger partial charge in [-0.2, -0.15) is 0 Å². The topological polar surface area (TPSA) is 17.9 Å². The molecule has 0 amide bonds. The second kappa shape index (κ2) is 19.5. The molecule has 14 aromatic rings. The van der Waals surface area contributed by atoms with Gasteiger partial charge >= 0.3 is 0 Å². The van der Waals surface area contributed by atoms with Gasteiger partial charge in [0, 0.05) is 88.7 Å². The van der Waals surface area contributed by atoms with E-state index in [-0.39, 0.29) is 13.4 Å². The van der Waals surface area contributed by atoms with E-state index in [1.165, 1.54) is 75.7 Å². The smallest absolute Gasteiger partial charge is 0.252 e. The molecule has 5 heterocycles. The van der Waals surface area contributed by atoms with Gasteiger partial charge in [0.1, 0.15) is 0 Å². The van der Waals surface area contributed by atoms with Crippen LogP contribution in [0.3, 0.4) is 0 Å². The second-order valence-corrected chi connectivity index (χ2v) is 23.8. The fourth-order valence-electron chi connectivity index (χ4n) is 14.7. The predicted molar refractivity (Wildman–Crippen MR) is 365 cm³/mol. The minimum Gasteiger partial charge on any atom is -0.311 e. The maximum atomic E-state index is 2.64. The van der Waals surface area contributed by atoms with E-state index in [2.05, 4.69) is 334 Å². The lowest BCUT2D eigenvalue weighted by Crippen LogP contribution is -2.64. The molecule has 86 heavy (non-hydrogen) atoms. The normalized spacial score (nSPS) is 13.2. The van der Waals surface area contributed by atoms with Gasteiger partial charge in [0.2, 0.25) is 6.71 Å². The number of hydrogen-bond donors (Lipinski definition) is 0. The first-order valence-electron chi connectivity index (χ1n) is 29.6. The summed E-state index contributed by atoms with van der Waals surface area (Å²) < 4.78 is 2.49. The molecule has 0 N–H and O–H groups in total. The lowest BCUT2D eigenvalue weighted by atomic mass is 9.30. The highest BCUT2D eigenvalue weighted by Crippen LogP contribution is 2.52. The standard InChI is InChI=1S/C78H51B2N5S/c1-6-26-52(27-7-1)59-36-16-21-41-66(59)85-71-51-70-64(80-63-40-20-25-45-75(63)86-76-49-58(48-74(78(76)80)83(70)56-34-14-5-15-35-56)84-67-42-22-17-37-60(67)61-38-18-23-43-68(61)84)50-65(71)79-62-39-19-24-44-69(62)82(55-32-12-4-13-33-55)72-46-57(47-73(85)77(72)79)81(53-28-8-2-9-29-53)54-30-10-3-11-31-54/h1-51H. The Hall–Kier alpha value is -10.7. The third-order valence-electron chi connectivity index (χ3n) is 18.1. The number of fused-ring (bicyclic) bond motifs is 11. The van der Waals surface area contributed by atoms with Gasteiger partial charge in [0.05, 0.1) is 22.4 Å². The monoisotopic (exact) mass is 1110 g/mol. The predicted octanol–water partition coefficient (Wildman–Crippen LogP) is 16.8. The van der Waals surface area contributed by atoms with Gasteiger partial charge < -0.3 is 24.2 Å². The molecule has 4 aliphatic rings. The molecule has 0 radical (unpaired) electrons. The number of nitrogens with zero attached hydrogens (tertiary/aromatic N) is 5. The van der Waals surface area contributed by atoms with Crippen molar-refractivity contribution in [3.63, 3.8) is 0 Å². The number of anilines is 12. The van der Waals surface area contributed by atoms with Crippen LogP contribution in [0.5, 0.6) is 0 Å². The van der Waals surface area contributed by atoms with Crippen molar-refractivity contribution in [1.29, 1.82) is 0 Å². The van der Waals surface area contributed by atoms with E-state index in [1.54, 1.807) is 0 Å². The van der Waals surface area contributed by atoms with Crippen LogP contribution in [0.4, 0.5) is 68.2 Å². The van der Waals surface area contributed by atoms with Gasteiger partial charge in [0.25, 0.3) is 6.71 Å². The molecular formula is C78H51B2N5S. The number of aromatic nitrogens is 1. The molecule has 18 rings (SSSR count). The van der Waals surface area contributed by atoms with E-state index in [0.29, 0.717) is 0 Å². The van der Waals surface area contributed by atoms with Crippen LogP contribution in [0, 0.1) is 0 Å². The van der Waals surface area contributed by atoms with E-state index >= 15 is 0 Å². The summed E-state index contributed by atoms with van der Waals surface area (Å²) in [6, 6.07) is 115. The van der Waals surface area contributed by atoms with Gasteiger partial charge in [-0.05, 0) is 142 Å². The van der Waals surface area contributed by atoms with Gasteiger partial charge in [-0.25, -0.2) is 0 Å². The molecule has 0 spiro atoms. The van der Waals surface area contributed by atoms with E-state index in [0.717, 1.165) is 73.7 Å². The number of rotatable bonds is 8. The SMILES string of the molecule is c1ccc(-c2ccccc2N2c3cc4c(cc3B3c5ccccc5N(c5ccccc5)c5cc(N(c6ccccc6)c6ccccc6)cc2c53)B2c3ccccc3Sc3cc(-n5c6ccccc6c6ccccc65)cc(c32)N4c2ccccc2)cc1. The van der Waals surface area contributed by atoms with Crippen molar-refractivity contribution in [2.45, 2.75) is 9.79 Å². The first-order valence-corrected chi connectivity index (χ1v) is 30.5. The van der Waals surface area contributed by atoms with Crippen molar-refractivity contribution in [3.05, 3.63) is 309 Å². The molecule has 5 nitrogen and oxygen atoms in total. The van der Waals surface area contributed by atoms with Crippen LogP contribution in [0.25, 0.3) is 38.6 Å². The van der Waals surface area contributed by atoms with Crippen molar-refractivity contribution >= 4 is 148 Å². The Kier molecular flexibility index (Phi) is 11.0. The van der Waals surface area contributed by atoms with Crippen LogP contribution in [0.1, 0.15) is 0 Å². The fraction of sp³-hybridized carbons (Fsp3) is 0. The maximum Gasteiger partial charge on any atom is 0.252 e. The third-order valence-corrected chi connectivity index (χ3v) is 19.3. The molecule has 0 bridgehead atoms. The van der Waals surface area contributed by atoms with Crippen molar-refractivity contribution in [1.82, 2.24) is 4.57 Å². The molecule has 0 fully saturated rings. The summed E-state index contributed by atoms with van der Waals surface area (Å²) in [5.74, 6) is 0. The molecule has 13 aromatic carbocycles. The lowest BCUT2D eigenvalue weighted by molar-refractivity contribution is 1.15. The van der Waals surface area contributed by atoms with Gasteiger partial charge in [-0.1, -0.05) is 217 Å². The van der Waals surface area contributed by atoms with Crippen molar-refractivity contribution in [3.8, 4) is 16.8 Å². The average molecular weight is 1110 g/mol. The largest absolute Gasteiger partial charge is 0.311 e. The Morgan fingerprint density at radius 2 is 0.756 bits per heavy atom. The second-order valence-electron chi connectivity index (χ2n) is 22.7. The highest BCUT2D eigenvalue weighted by Gasteiger charge is 2.48. The van der Waals surface area contributed by atoms with Crippen LogP contribution in [0.2, 0.25) is 0 Å². The fourth-order valence-corrected chi connectivity index (χ4v) is 15.9. The van der Waals surface area contributed by atoms with Crippen LogP contribution < -0.4 is 52.4 Å². The van der Waals surface area contributed by atoms with Gasteiger partial charge in [-0.3, -0.25) is 0 Å². The van der Waals surface area contributed by atoms with Crippen LogP contribution in [0.15, 0.2) is 319 Å². The van der Waals surface area contributed by atoms with Gasteiger partial charge in [-0.15, -0.1) is 0 Å². The van der Waals surface area contributed by atoms with Crippen molar-refractivity contribution in [2.75, 3.05) is 19.6 Å². The summed E-state index contributed by atoms with van der Waals surface area (Å²) in [6.07, 6.45) is 0. The minimum absolute atomic E-state index is 0.0665. The maximum absolute atomic E-state index is 2.64. The number of hydrogen-bond acceptors (Lipinski definition) is 5. The lowest BCUT2D eigenvalue weighted by Gasteiger charge is -2.47. The first kappa shape index (κ1) is 48.8. The summed E-state index contributed by atoms with van der Waals surface area (Å²) in [6.45, 7) is -0.215. The van der Waals surface area contributed by atoms with E-state index in [4.69, 9.17) is 0 Å². The third kappa shape index (κ3) is 7.36. The van der Waals surface area contributed by atoms with E-state index < -0.39 is 0 Å². The Morgan fingerprint density at radius 3 is 1.41 bits per heavy atom. The summed E-state index contributed by atoms with van der Waals surface area (Å²) in [5.41, 5.74) is 27.0. The van der Waals surface area contributed by atoms with Crippen molar-refractivity contribution < 1.29 is 0 Å². The highest BCUT2D eigenvalue weighted by atomic mass is 32.2. The Balaban J connectivity index is 0.978. The Labute approximate surface area is 505 Å². The molecule has 0 atom stereocenters. The minimum atomic E-state index is -0.149. The molecule has 4 aliphatic heterocycles. The average Bonchev–Trinajstić information content (AvgIpc) is 0.782. The first-order chi connectivity index (χ1) is 42.7. The summed E-state index contributed by atoms with van der Waals surface area (Å²) >= 11 is 1.91. The Bertz CT molecular complexity index is 4930. The summed E-state index contributed by atoms with van der Waals surface area (Å²) in [7, 11) is 0. The van der Waals surface area contributed by atoms with Gasteiger partial charge in [0.15, 0.2) is 0 Å². The zero-order valence-electron chi connectivity index (χ0n) is 46.7. The molecular weight excluding hydrogens is 1060 g/mol. The number of para-hydroxylation sites is 8. The molecule has 0 aliphatic carbocycles. The van der Waals surface area contributed by atoms with Crippen LogP contribution >= 0.6 is 11.8 Å². The molecule has 0 unspecified atom stereocenters. The van der Waals surface area contributed by atoms with Crippen molar-refractivity contribution in [2.24, 2.45) is 0 Å². The molecule has 400 valence electrons. The van der Waals surface area contributed by atoms with E-state index in [9.17, 15) is 0 Å². The van der Waals surface area contributed by atoms with Crippen LogP contribution in [-0.4, -0.2) is 18.0 Å². The zero-order valence-corrected chi connectivity index (χ0v) is 47.6. The van der Waals surface area contributed by atoms with E-state index in [1.807, 2.05) is 11.8 Å².